The molecule has 3 rings (SSSR count). The van der Waals surface area contributed by atoms with Crippen molar-refractivity contribution in [3.05, 3.63) is 17.5 Å². The van der Waals surface area contributed by atoms with Gasteiger partial charge in [-0.25, -0.2) is 9.97 Å². The predicted molar refractivity (Wildman–Crippen MR) is 66.4 cm³/mol. The highest BCUT2D eigenvalue weighted by Gasteiger charge is 2.34. The number of fused-ring (bicyclic) bond motifs is 1. The van der Waals surface area contributed by atoms with E-state index in [9.17, 15) is 4.79 Å². The summed E-state index contributed by atoms with van der Waals surface area (Å²) in [5, 5.41) is 12.0. The minimum atomic E-state index is -0.667. The summed E-state index contributed by atoms with van der Waals surface area (Å²) in [5.41, 5.74) is 2.44. The molecule has 96 valence electrons. The van der Waals surface area contributed by atoms with Gasteiger partial charge in [0.2, 0.25) is 5.95 Å². The third kappa shape index (κ3) is 2.17. The second-order valence-corrected chi connectivity index (χ2v) is 5.27. The molecule has 0 bridgehead atoms. The number of nitrogens with zero attached hydrogens (tertiary/aromatic N) is 2. The largest absolute Gasteiger partial charge is 0.481 e. The number of aryl methyl sites for hydroxylation is 2. The van der Waals surface area contributed by atoms with Gasteiger partial charge >= 0.3 is 5.97 Å². The highest BCUT2D eigenvalue weighted by molar-refractivity contribution is 5.71. The van der Waals surface area contributed by atoms with Crippen LogP contribution in [-0.2, 0) is 17.6 Å². The van der Waals surface area contributed by atoms with Gasteiger partial charge in [0.05, 0.1) is 5.92 Å². The lowest BCUT2D eigenvalue weighted by Crippen LogP contribution is -2.34. The Kier molecular flexibility index (Phi) is 2.89. The average molecular weight is 247 g/mol. The Labute approximate surface area is 106 Å². The van der Waals surface area contributed by atoms with Crippen LogP contribution in [0.5, 0.6) is 0 Å². The zero-order valence-electron chi connectivity index (χ0n) is 10.2. The van der Waals surface area contributed by atoms with Crippen LogP contribution >= 0.6 is 0 Å². The number of nitrogens with one attached hydrogen (secondary N) is 1. The summed E-state index contributed by atoms with van der Waals surface area (Å²) in [5.74, 6) is 0.329. The summed E-state index contributed by atoms with van der Waals surface area (Å²) >= 11 is 0. The van der Waals surface area contributed by atoms with E-state index in [4.69, 9.17) is 5.11 Å². The Morgan fingerprint density at radius 3 is 3.06 bits per heavy atom. The standard InChI is InChI=1S/C13H17N3O2/c17-12(18)10-4-8(5-10)6-14-13-15-7-9-2-1-3-11(9)16-13/h7-8,10H,1-6H2,(H,17,18)(H,14,15,16). The van der Waals surface area contributed by atoms with Gasteiger partial charge in [-0.05, 0) is 43.6 Å². The molecule has 2 N–H and O–H groups in total. The molecule has 5 nitrogen and oxygen atoms in total. The maximum atomic E-state index is 10.7. The Bertz CT molecular complexity index is 469. The first-order chi connectivity index (χ1) is 8.72. The van der Waals surface area contributed by atoms with Crippen molar-refractivity contribution in [2.24, 2.45) is 11.8 Å². The SMILES string of the molecule is O=C(O)C1CC(CNc2ncc3c(n2)CCC3)C1. The lowest BCUT2D eigenvalue weighted by molar-refractivity contribution is -0.146. The molecule has 1 aromatic heterocycles. The zero-order chi connectivity index (χ0) is 12.5. The van der Waals surface area contributed by atoms with Crippen molar-refractivity contribution in [3.8, 4) is 0 Å². The molecule has 0 unspecified atom stereocenters. The van der Waals surface area contributed by atoms with Crippen molar-refractivity contribution in [1.82, 2.24) is 9.97 Å². The molecule has 5 heteroatoms. The Morgan fingerprint density at radius 2 is 2.28 bits per heavy atom. The fraction of sp³-hybridized carbons (Fsp3) is 0.615. The van der Waals surface area contributed by atoms with Crippen LogP contribution in [0, 0.1) is 11.8 Å². The Hall–Kier alpha value is -1.65. The van der Waals surface area contributed by atoms with E-state index in [0.29, 0.717) is 11.9 Å². The van der Waals surface area contributed by atoms with Gasteiger partial charge in [0.1, 0.15) is 0 Å². The zero-order valence-corrected chi connectivity index (χ0v) is 10.2. The molecule has 18 heavy (non-hydrogen) atoms. The number of aromatic nitrogens is 2. The van der Waals surface area contributed by atoms with E-state index >= 15 is 0 Å². The smallest absolute Gasteiger partial charge is 0.306 e. The third-order valence-electron chi connectivity index (χ3n) is 3.95. The van der Waals surface area contributed by atoms with Crippen LogP contribution in [0.15, 0.2) is 6.20 Å². The molecule has 2 aliphatic carbocycles. The molecule has 1 aromatic rings. The first-order valence-electron chi connectivity index (χ1n) is 6.54. The number of hydrogen-bond acceptors (Lipinski definition) is 4. The van der Waals surface area contributed by atoms with Gasteiger partial charge < -0.3 is 10.4 Å². The maximum absolute atomic E-state index is 10.7. The number of carboxylic acids is 1. The second kappa shape index (κ2) is 4.55. The van der Waals surface area contributed by atoms with Crippen LogP contribution in [-0.4, -0.2) is 27.6 Å². The van der Waals surface area contributed by atoms with Crippen LogP contribution in [0.4, 0.5) is 5.95 Å². The van der Waals surface area contributed by atoms with Gasteiger partial charge in [0.15, 0.2) is 0 Å². The summed E-state index contributed by atoms with van der Waals surface area (Å²) in [6.07, 6.45) is 6.78. The summed E-state index contributed by atoms with van der Waals surface area (Å²) in [6, 6.07) is 0. The summed E-state index contributed by atoms with van der Waals surface area (Å²) in [4.78, 5) is 19.5. The quantitative estimate of drug-likeness (QED) is 0.843. The molecule has 0 atom stereocenters. The van der Waals surface area contributed by atoms with E-state index in [2.05, 4.69) is 15.3 Å². The maximum Gasteiger partial charge on any atom is 0.306 e. The molecule has 0 saturated heterocycles. The highest BCUT2D eigenvalue weighted by atomic mass is 16.4. The first-order valence-corrected chi connectivity index (χ1v) is 6.54. The van der Waals surface area contributed by atoms with Crippen molar-refractivity contribution >= 4 is 11.9 Å². The second-order valence-electron chi connectivity index (χ2n) is 5.27. The van der Waals surface area contributed by atoms with E-state index < -0.39 is 5.97 Å². The van der Waals surface area contributed by atoms with Gasteiger partial charge in [-0.2, -0.15) is 0 Å². The first kappa shape index (κ1) is 11.4. The molecule has 1 fully saturated rings. The van der Waals surface area contributed by atoms with Gasteiger partial charge in [-0.3, -0.25) is 4.79 Å². The molecular formula is C13H17N3O2. The van der Waals surface area contributed by atoms with Gasteiger partial charge in [-0.15, -0.1) is 0 Å². The summed E-state index contributed by atoms with van der Waals surface area (Å²) < 4.78 is 0. The molecule has 0 aliphatic heterocycles. The topological polar surface area (TPSA) is 75.1 Å². The van der Waals surface area contributed by atoms with Crippen molar-refractivity contribution in [2.45, 2.75) is 32.1 Å². The lowest BCUT2D eigenvalue weighted by Gasteiger charge is -2.32. The number of aliphatic carboxylic acids is 1. The summed E-state index contributed by atoms with van der Waals surface area (Å²) in [6.45, 7) is 0.780. The van der Waals surface area contributed by atoms with Gasteiger partial charge in [0.25, 0.3) is 0 Å². The summed E-state index contributed by atoms with van der Waals surface area (Å²) in [7, 11) is 0. The van der Waals surface area contributed by atoms with Crippen LogP contribution in [0.25, 0.3) is 0 Å². The molecule has 0 amide bonds. The van der Waals surface area contributed by atoms with Crippen molar-refractivity contribution in [2.75, 3.05) is 11.9 Å². The third-order valence-corrected chi connectivity index (χ3v) is 3.95. The average Bonchev–Trinajstić information content (AvgIpc) is 2.73. The normalized spacial score (nSPS) is 25.3. The predicted octanol–water partition coefficient (Wildman–Crippen LogP) is 1.49. The number of hydrogen-bond donors (Lipinski definition) is 2. The molecule has 0 spiro atoms. The highest BCUT2D eigenvalue weighted by Crippen LogP contribution is 2.33. The van der Waals surface area contributed by atoms with E-state index in [1.54, 1.807) is 0 Å². The van der Waals surface area contributed by atoms with Crippen molar-refractivity contribution in [3.63, 3.8) is 0 Å². The molecule has 2 aliphatic rings. The van der Waals surface area contributed by atoms with E-state index in [1.165, 1.54) is 17.7 Å². The number of carboxylic acid groups (broad SMARTS) is 1. The Balaban J connectivity index is 1.51. The monoisotopic (exact) mass is 247 g/mol. The fourth-order valence-corrected chi connectivity index (χ4v) is 2.74. The molecule has 1 heterocycles. The van der Waals surface area contributed by atoms with Crippen molar-refractivity contribution in [1.29, 1.82) is 0 Å². The number of anilines is 1. The number of rotatable bonds is 4. The molecular weight excluding hydrogens is 230 g/mol. The van der Waals surface area contributed by atoms with Crippen LogP contribution in [0.2, 0.25) is 0 Å². The minimum Gasteiger partial charge on any atom is -0.481 e. The molecule has 0 radical (unpaired) electrons. The molecule has 0 aromatic carbocycles. The van der Waals surface area contributed by atoms with Crippen LogP contribution in [0.1, 0.15) is 30.5 Å². The molecule has 1 saturated carbocycles. The van der Waals surface area contributed by atoms with Crippen LogP contribution in [0.3, 0.4) is 0 Å². The van der Waals surface area contributed by atoms with E-state index in [0.717, 1.165) is 32.2 Å². The van der Waals surface area contributed by atoms with Crippen LogP contribution < -0.4 is 5.32 Å². The fourth-order valence-electron chi connectivity index (χ4n) is 2.74. The van der Waals surface area contributed by atoms with E-state index in [-0.39, 0.29) is 5.92 Å². The number of carbonyl (C=O) groups is 1. The minimum absolute atomic E-state index is 0.141. The lowest BCUT2D eigenvalue weighted by atomic mass is 9.75. The van der Waals surface area contributed by atoms with Crippen molar-refractivity contribution < 1.29 is 9.90 Å². The van der Waals surface area contributed by atoms with E-state index in [1.807, 2.05) is 6.20 Å². The van der Waals surface area contributed by atoms with Gasteiger partial charge in [-0.1, -0.05) is 0 Å². The Morgan fingerprint density at radius 1 is 1.44 bits per heavy atom. The van der Waals surface area contributed by atoms with Gasteiger partial charge in [0, 0.05) is 18.4 Å².